The van der Waals surface area contributed by atoms with Gasteiger partial charge in [-0.1, -0.05) is 0 Å². The molecular weight excluding hydrogens is 140 g/mol. The second kappa shape index (κ2) is 2.20. The van der Waals surface area contributed by atoms with E-state index in [1.54, 1.807) is 12.3 Å². The standard InChI is InChI=1S/C8H5N2O/c11-8-2-4-10-7-1-3-9-5-6(7)8/h1-5H. The highest BCUT2D eigenvalue weighted by molar-refractivity contribution is 5.83. The van der Waals surface area contributed by atoms with Gasteiger partial charge in [0.2, 0.25) is 0 Å². The topological polar surface area (TPSA) is 45.7 Å². The molecule has 0 atom stereocenters. The van der Waals surface area contributed by atoms with Crippen molar-refractivity contribution in [2.24, 2.45) is 0 Å². The first-order valence-corrected chi connectivity index (χ1v) is 3.24. The van der Waals surface area contributed by atoms with Crippen LogP contribution in [-0.4, -0.2) is 9.97 Å². The molecule has 2 rings (SSSR count). The normalized spacial score (nSPS) is 10.2. The van der Waals surface area contributed by atoms with Gasteiger partial charge in [0.15, 0.2) is 5.75 Å². The highest BCUT2D eigenvalue weighted by Crippen LogP contribution is 2.20. The summed E-state index contributed by atoms with van der Waals surface area (Å²) < 4.78 is 0. The van der Waals surface area contributed by atoms with Crippen LogP contribution in [0.3, 0.4) is 0 Å². The third-order valence-electron chi connectivity index (χ3n) is 1.50. The summed E-state index contributed by atoms with van der Waals surface area (Å²) in [5.41, 5.74) is 0.701. The zero-order valence-electron chi connectivity index (χ0n) is 5.69. The molecule has 11 heavy (non-hydrogen) atoms. The lowest BCUT2D eigenvalue weighted by Gasteiger charge is -1.93. The van der Waals surface area contributed by atoms with E-state index in [0.717, 1.165) is 0 Å². The molecule has 0 saturated carbocycles. The third-order valence-corrected chi connectivity index (χ3v) is 1.50. The molecule has 2 aromatic heterocycles. The lowest BCUT2D eigenvalue weighted by atomic mass is 10.2. The fraction of sp³-hybridized carbons (Fsp3) is 0. The van der Waals surface area contributed by atoms with E-state index in [4.69, 9.17) is 0 Å². The first kappa shape index (κ1) is 6.09. The SMILES string of the molecule is [O]c1ccnc2ccncc12. The average Bonchev–Trinajstić information content (AvgIpc) is 2.06. The minimum Gasteiger partial charge on any atom is -0.289 e. The molecule has 1 radical (unpaired) electrons. The van der Waals surface area contributed by atoms with Crippen LogP contribution in [-0.2, 0) is 5.11 Å². The molecule has 0 spiro atoms. The van der Waals surface area contributed by atoms with Crippen LogP contribution < -0.4 is 0 Å². The largest absolute Gasteiger partial charge is 0.289 e. The molecule has 53 valence electrons. The molecule has 0 amide bonds. The Hall–Kier alpha value is -1.64. The minimum atomic E-state index is -0.0249. The van der Waals surface area contributed by atoms with Gasteiger partial charge in [-0.3, -0.25) is 15.1 Å². The molecule has 2 aromatic rings. The van der Waals surface area contributed by atoms with Gasteiger partial charge < -0.3 is 0 Å². The number of nitrogens with zero attached hydrogens (tertiary/aromatic N) is 2. The zero-order valence-corrected chi connectivity index (χ0v) is 5.69. The van der Waals surface area contributed by atoms with Crippen molar-refractivity contribution in [3.8, 4) is 5.75 Å². The molecule has 0 N–H and O–H groups in total. The maximum Gasteiger partial charge on any atom is 0.191 e. The van der Waals surface area contributed by atoms with Crippen LogP contribution in [0.25, 0.3) is 10.9 Å². The fourth-order valence-corrected chi connectivity index (χ4v) is 0.965. The average molecular weight is 145 g/mol. The summed E-state index contributed by atoms with van der Waals surface area (Å²) in [6, 6.07) is 3.15. The number of hydrogen-bond acceptors (Lipinski definition) is 2. The van der Waals surface area contributed by atoms with Crippen LogP contribution in [0.5, 0.6) is 5.75 Å². The molecule has 0 fully saturated rings. The molecule has 0 saturated heterocycles. The Morgan fingerprint density at radius 2 is 2.09 bits per heavy atom. The van der Waals surface area contributed by atoms with Crippen molar-refractivity contribution in [2.45, 2.75) is 0 Å². The van der Waals surface area contributed by atoms with Gasteiger partial charge in [0.05, 0.1) is 10.9 Å². The van der Waals surface area contributed by atoms with E-state index in [-0.39, 0.29) is 5.75 Å². The van der Waals surface area contributed by atoms with Gasteiger partial charge in [-0.15, -0.1) is 0 Å². The van der Waals surface area contributed by atoms with Crippen LogP contribution in [0.4, 0.5) is 0 Å². The molecule has 0 bridgehead atoms. The molecule has 0 aliphatic rings. The van der Waals surface area contributed by atoms with Gasteiger partial charge in [-0.25, -0.2) is 0 Å². The van der Waals surface area contributed by atoms with Gasteiger partial charge in [0.1, 0.15) is 0 Å². The quantitative estimate of drug-likeness (QED) is 0.567. The monoisotopic (exact) mass is 145 g/mol. The molecule has 0 aliphatic heterocycles. The fourth-order valence-electron chi connectivity index (χ4n) is 0.965. The molecule has 0 aromatic carbocycles. The lowest BCUT2D eigenvalue weighted by molar-refractivity contribution is 0.360. The van der Waals surface area contributed by atoms with E-state index in [2.05, 4.69) is 9.97 Å². The van der Waals surface area contributed by atoms with Crippen LogP contribution in [0, 0.1) is 0 Å². The van der Waals surface area contributed by atoms with Crippen molar-refractivity contribution in [3.63, 3.8) is 0 Å². The highest BCUT2D eigenvalue weighted by atomic mass is 16.3. The molecule has 3 nitrogen and oxygen atoms in total. The summed E-state index contributed by atoms with van der Waals surface area (Å²) in [5, 5.41) is 11.7. The highest BCUT2D eigenvalue weighted by Gasteiger charge is 1.99. The molecule has 0 aliphatic carbocycles. The van der Waals surface area contributed by atoms with Gasteiger partial charge in [0, 0.05) is 24.7 Å². The van der Waals surface area contributed by atoms with Crippen LogP contribution in [0.15, 0.2) is 30.7 Å². The predicted molar refractivity (Wildman–Crippen MR) is 39.7 cm³/mol. The van der Waals surface area contributed by atoms with E-state index in [0.29, 0.717) is 10.9 Å². The maximum absolute atomic E-state index is 11.1. The Bertz CT molecular complexity index is 381. The first-order chi connectivity index (χ1) is 5.38. The Labute approximate surface area is 63.3 Å². The van der Waals surface area contributed by atoms with E-state index < -0.39 is 0 Å². The number of fused-ring (bicyclic) bond motifs is 1. The van der Waals surface area contributed by atoms with Crippen LogP contribution in [0.2, 0.25) is 0 Å². The van der Waals surface area contributed by atoms with E-state index in [1.165, 1.54) is 18.5 Å². The van der Waals surface area contributed by atoms with E-state index >= 15 is 0 Å². The Morgan fingerprint density at radius 3 is 2.91 bits per heavy atom. The van der Waals surface area contributed by atoms with Gasteiger partial charge in [-0.05, 0) is 6.07 Å². The molecule has 3 heteroatoms. The number of hydrogen-bond donors (Lipinski definition) is 0. The number of aromatic nitrogens is 2. The minimum absolute atomic E-state index is 0.0249. The van der Waals surface area contributed by atoms with Crippen molar-refractivity contribution in [1.29, 1.82) is 0 Å². The summed E-state index contributed by atoms with van der Waals surface area (Å²) in [6.07, 6.45) is 4.66. The second-order valence-corrected chi connectivity index (χ2v) is 2.20. The van der Waals surface area contributed by atoms with Crippen molar-refractivity contribution >= 4 is 10.9 Å². The zero-order chi connectivity index (χ0) is 7.68. The van der Waals surface area contributed by atoms with Crippen molar-refractivity contribution in [3.05, 3.63) is 30.7 Å². The summed E-state index contributed by atoms with van der Waals surface area (Å²) in [6.45, 7) is 0. The summed E-state index contributed by atoms with van der Waals surface area (Å²) in [7, 11) is 0. The summed E-state index contributed by atoms with van der Waals surface area (Å²) >= 11 is 0. The molecular formula is C8H5N2O. The number of rotatable bonds is 0. The Kier molecular flexibility index (Phi) is 1.22. The maximum atomic E-state index is 11.1. The molecule has 2 heterocycles. The Balaban J connectivity index is 2.91. The van der Waals surface area contributed by atoms with E-state index in [1.807, 2.05) is 0 Å². The smallest absolute Gasteiger partial charge is 0.191 e. The summed E-state index contributed by atoms with van der Waals surface area (Å²) in [4.78, 5) is 7.84. The van der Waals surface area contributed by atoms with E-state index in [9.17, 15) is 5.11 Å². The van der Waals surface area contributed by atoms with Crippen LogP contribution >= 0.6 is 0 Å². The molecule has 0 unspecified atom stereocenters. The summed E-state index contributed by atoms with van der Waals surface area (Å²) in [5.74, 6) is -0.0249. The third kappa shape index (κ3) is 0.902. The van der Waals surface area contributed by atoms with Crippen LogP contribution in [0.1, 0.15) is 0 Å². The van der Waals surface area contributed by atoms with Gasteiger partial charge in [-0.2, -0.15) is 0 Å². The van der Waals surface area contributed by atoms with Gasteiger partial charge >= 0.3 is 0 Å². The first-order valence-electron chi connectivity index (χ1n) is 3.24. The lowest BCUT2D eigenvalue weighted by Crippen LogP contribution is -1.78. The van der Waals surface area contributed by atoms with Crippen molar-refractivity contribution < 1.29 is 5.11 Å². The Morgan fingerprint density at radius 1 is 1.18 bits per heavy atom. The van der Waals surface area contributed by atoms with Crippen molar-refractivity contribution in [2.75, 3.05) is 0 Å². The second-order valence-electron chi connectivity index (χ2n) is 2.20. The predicted octanol–water partition coefficient (Wildman–Crippen LogP) is 1.77. The number of pyridine rings is 2. The van der Waals surface area contributed by atoms with Crippen molar-refractivity contribution in [1.82, 2.24) is 9.97 Å². The van der Waals surface area contributed by atoms with Gasteiger partial charge in [0.25, 0.3) is 0 Å².